The van der Waals surface area contributed by atoms with E-state index in [4.69, 9.17) is 17.0 Å². The van der Waals surface area contributed by atoms with Gasteiger partial charge in [-0.1, -0.05) is 13.3 Å². The van der Waals surface area contributed by atoms with Crippen molar-refractivity contribution in [3.8, 4) is 0 Å². The molecule has 0 N–H and O–H groups in total. The molecule has 100 valence electrons. The number of rotatable bonds is 1. The van der Waals surface area contributed by atoms with Crippen LogP contribution >= 0.6 is 17.0 Å². The number of halogens is 2. The van der Waals surface area contributed by atoms with Gasteiger partial charge in [0.05, 0.1) is 0 Å². The number of hydrogen-bond donors (Lipinski definition) is 0. The third-order valence-corrected chi connectivity index (χ3v) is 21.8. The van der Waals surface area contributed by atoms with Crippen LogP contribution in [0.4, 0.5) is 0 Å². The molecule has 0 aromatic heterocycles. The minimum atomic E-state index is -1.65. The van der Waals surface area contributed by atoms with Gasteiger partial charge in [0.15, 0.2) is 0 Å². The molecule has 0 spiro atoms. The minimum absolute atomic E-state index is 0.224. The van der Waals surface area contributed by atoms with Crippen molar-refractivity contribution in [3.05, 3.63) is 60.2 Å². The van der Waals surface area contributed by atoms with Crippen molar-refractivity contribution in [2.24, 2.45) is 0 Å². The standard InChI is InChI=1S/C7H9.C5H5.C2H6Si.2ClH.Zr/c1-2-7-5-3-4-6-7;1-2-4-5-3-1;1-3-2;;;/h3-6H,2H2,1H3;1-5H;1-2H3;2*1H;/q2*-1;;;;+2/p-2. The van der Waals surface area contributed by atoms with E-state index in [1.54, 1.807) is 0 Å². The molecule has 0 radical (unpaired) electrons. The maximum atomic E-state index is 5.62. The maximum Gasteiger partial charge on any atom is -0.172 e. The maximum absolute atomic E-state index is 5.62. The molecule has 0 saturated carbocycles. The Labute approximate surface area is 126 Å². The van der Waals surface area contributed by atoms with Crippen molar-refractivity contribution in [3.63, 3.8) is 0 Å². The molecule has 0 bridgehead atoms. The first kappa shape index (κ1) is 18.4. The van der Waals surface area contributed by atoms with E-state index in [1.807, 2.05) is 30.3 Å². The Morgan fingerprint density at radius 1 is 1.11 bits per heavy atom. The van der Waals surface area contributed by atoms with Gasteiger partial charge in [0.25, 0.3) is 0 Å². The number of aryl methyl sites for hydroxylation is 1. The van der Waals surface area contributed by atoms with Crippen LogP contribution in [-0.2, 0) is 24.4 Å². The Balaban J connectivity index is 0.000000244. The molecule has 0 fully saturated rings. The summed E-state index contributed by atoms with van der Waals surface area (Å²) in [5.41, 5.74) is 1.21. The van der Waals surface area contributed by atoms with Gasteiger partial charge in [0.1, 0.15) is 0 Å². The SMILES string of the molecule is CCc1cc[cH-]c1.C[Si](C)=[Zr]([Cl])[Cl].c1cc[cH-]c1. The van der Waals surface area contributed by atoms with Crippen molar-refractivity contribution >= 4 is 22.5 Å². The molecular formula is C14H20Cl2SiZr-2. The van der Waals surface area contributed by atoms with Gasteiger partial charge in [-0.25, -0.2) is 18.2 Å². The summed E-state index contributed by atoms with van der Waals surface area (Å²) < 4.78 is 0. The van der Waals surface area contributed by atoms with E-state index in [1.165, 1.54) is 5.56 Å². The molecule has 0 atom stereocenters. The molecule has 2 aromatic carbocycles. The first-order valence-electron chi connectivity index (χ1n) is 5.93. The van der Waals surface area contributed by atoms with Gasteiger partial charge in [-0.05, 0) is 0 Å². The molecule has 2 rings (SSSR count). The van der Waals surface area contributed by atoms with E-state index in [9.17, 15) is 0 Å². The van der Waals surface area contributed by atoms with Crippen molar-refractivity contribution in [1.29, 1.82) is 0 Å². The first-order valence-corrected chi connectivity index (χ1v) is 18.4. The van der Waals surface area contributed by atoms with E-state index in [0.717, 1.165) is 6.42 Å². The van der Waals surface area contributed by atoms with Gasteiger partial charge < -0.3 is 0 Å². The summed E-state index contributed by atoms with van der Waals surface area (Å²) in [5.74, 6) is 0. The topological polar surface area (TPSA) is 0 Å². The zero-order chi connectivity index (χ0) is 13.8. The summed E-state index contributed by atoms with van der Waals surface area (Å²) in [6.45, 7) is 6.49. The Morgan fingerprint density at radius 3 is 1.83 bits per heavy atom. The smallest absolute Gasteiger partial charge is 0.172 e. The fourth-order valence-corrected chi connectivity index (χ4v) is 0.970. The summed E-state index contributed by atoms with van der Waals surface area (Å²) in [5, 5.41) is 0. The van der Waals surface area contributed by atoms with Crippen molar-refractivity contribution in [2.75, 3.05) is 0 Å². The van der Waals surface area contributed by atoms with E-state index in [-0.39, 0.29) is 5.43 Å². The van der Waals surface area contributed by atoms with Gasteiger partial charge in [-0.2, -0.15) is 42.0 Å². The van der Waals surface area contributed by atoms with Crippen LogP contribution in [0.5, 0.6) is 0 Å². The zero-order valence-corrected chi connectivity index (χ0v) is 16.1. The third kappa shape index (κ3) is 11.5. The fourth-order valence-electron chi connectivity index (χ4n) is 0.970. The van der Waals surface area contributed by atoms with Crippen LogP contribution in [0.3, 0.4) is 0 Å². The molecule has 0 heterocycles. The molecule has 0 nitrogen and oxygen atoms in total. The van der Waals surface area contributed by atoms with E-state index in [2.05, 4.69) is 44.3 Å². The monoisotopic (exact) mass is 376 g/mol. The normalized spacial score (nSPS) is 8.50. The molecule has 0 amide bonds. The van der Waals surface area contributed by atoms with Crippen LogP contribution in [0.2, 0.25) is 13.1 Å². The molecule has 0 saturated heterocycles. The Morgan fingerprint density at radius 2 is 1.67 bits per heavy atom. The summed E-state index contributed by atoms with van der Waals surface area (Å²) >= 11 is -1.65. The molecule has 4 heteroatoms. The van der Waals surface area contributed by atoms with Gasteiger partial charge in [-0.3, -0.25) is 0 Å². The third-order valence-electron chi connectivity index (χ3n) is 2.07. The van der Waals surface area contributed by atoms with Gasteiger partial charge in [0.2, 0.25) is 0 Å². The van der Waals surface area contributed by atoms with Crippen LogP contribution in [0.25, 0.3) is 0 Å². The molecule has 2 aromatic rings. The fraction of sp³-hybridized carbons (Fsp3) is 0.286. The molecule has 0 aliphatic carbocycles. The average Bonchev–Trinajstić information content (AvgIpc) is 3.06. The Kier molecular flexibility index (Phi) is 12.7. The van der Waals surface area contributed by atoms with Gasteiger partial charge in [-0.15, -0.1) is 0 Å². The molecular weight excluding hydrogens is 358 g/mol. The molecule has 18 heavy (non-hydrogen) atoms. The van der Waals surface area contributed by atoms with Crippen molar-refractivity contribution in [2.45, 2.75) is 26.4 Å². The summed E-state index contributed by atoms with van der Waals surface area (Å²) in [6, 6.07) is 18.4. The van der Waals surface area contributed by atoms with Crippen molar-refractivity contribution < 1.29 is 18.0 Å². The van der Waals surface area contributed by atoms with Crippen molar-refractivity contribution in [1.82, 2.24) is 0 Å². The predicted molar refractivity (Wildman–Crippen MR) is 82.6 cm³/mol. The molecule has 0 aliphatic heterocycles. The minimum Gasteiger partial charge on any atom is -0.214 e. The van der Waals surface area contributed by atoms with Crippen LogP contribution in [0.1, 0.15) is 12.5 Å². The van der Waals surface area contributed by atoms with Gasteiger partial charge in [0, 0.05) is 0 Å². The zero-order valence-electron chi connectivity index (χ0n) is 11.2. The average molecular weight is 379 g/mol. The number of hydrogen-bond acceptors (Lipinski definition) is 0. The van der Waals surface area contributed by atoms with Crippen LogP contribution < -0.4 is 0 Å². The van der Waals surface area contributed by atoms with E-state index in [0.29, 0.717) is 0 Å². The second kappa shape index (κ2) is 12.4. The van der Waals surface area contributed by atoms with E-state index >= 15 is 0 Å². The summed E-state index contributed by atoms with van der Waals surface area (Å²) in [6.07, 6.45) is 1.16. The summed E-state index contributed by atoms with van der Waals surface area (Å²) in [4.78, 5) is 0. The van der Waals surface area contributed by atoms with Gasteiger partial charge >= 0.3 is 53.5 Å². The molecule has 0 aliphatic rings. The second-order valence-electron chi connectivity index (χ2n) is 3.87. The second-order valence-corrected chi connectivity index (χ2v) is 26.8. The Bertz CT molecular complexity index is 370. The van der Waals surface area contributed by atoms with Crippen LogP contribution in [-0.4, -0.2) is 5.43 Å². The summed E-state index contributed by atoms with van der Waals surface area (Å²) in [7, 11) is 11.2. The van der Waals surface area contributed by atoms with E-state index < -0.39 is 18.0 Å². The van der Waals surface area contributed by atoms with Crippen LogP contribution in [0.15, 0.2) is 54.6 Å². The first-order chi connectivity index (χ1) is 8.57. The molecule has 0 unspecified atom stereocenters. The quantitative estimate of drug-likeness (QED) is 0.452. The Hall–Kier alpha value is 0.380. The van der Waals surface area contributed by atoms with Crippen LogP contribution in [0, 0.1) is 0 Å². The largest absolute Gasteiger partial charge is 0.214 e. The predicted octanol–water partition coefficient (Wildman–Crippen LogP) is 5.54.